The van der Waals surface area contributed by atoms with Crippen LogP contribution < -0.4 is 0 Å². The van der Waals surface area contributed by atoms with Crippen LogP contribution in [0, 0.1) is 0 Å². The number of aliphatic carboxylic acids is 2. The van der Waals surface area contributed by atoms with Crippen LogP contribution in [0.15, 0.2) is 12.2 Å². The number of hydrogen-bond acceptors (Lipinski definition) is 2. The Hall–Kier alpha value is -0.826. The summed E-state index contributed by atoms with van der Waals surface area (Å²) in [5.74, 6) is -2.51. The van der Waals surface area contributed by atoms with Gasteiger partial charge in [-0.15, -0.1) is 0 Å². The second-order valence-corrected chi connectivity index (χ2v) is 1.01. The third kappa shape index (κ3) is 11.0. The Labute approximate surface area is 61.1 Å². The van der Waals surface area contributed by atoms with Gasteiger partial charge in [0.05, 0.1) is 0 Å². The van der Waals surface area contributed by atoms with Crippen molar-refractivity contribution in [1.82, 2.24) is 0 Å². The third-order valence-corrected chi connectivity index (χ3v) is 0.368. The van der Waals surface area contributed by atoms with E-state index < -0.39 is 11.9 Å². The Morgan fingerprint density at radius 2 is 1.22 bits per heavy atom. The third-order valence-electron chi connectivity index (χ3n) is 0.368. The zero-order valence-electron chi connectivity index (χ0n) is 4.18. The number of hydrogen-bond donors (Lipinski definition) is 2. The van der Waals surface area contributed by atoms with Crippen LogP contribution in [0.4, 0.5) is 0 Å². The van der Waals surface area contributed by atoms with Crippen LogP contribution >= 0.6 is 0 Å². The van der Waals surface area contributed by atoms with Crippen LogP contribution in [0.2, 0.25) is 0 Å². The van der Waals surface area contributed by atoms with E-state index in [1.807, 2.05) is 0 Å². The maximum atomic E-state index is 9.55. The van der Waals surface area contributed by atoms with E-state index in [0.717, 1.165) is 0 Å². The first kappa shape index (κ1) is 11.0. The molecule has 0 heterocycles. The van der Waals surface area contributed by atoms with E-state index in [1.54, 1.807) is 0 Å². The van der Waals surface area contributed by atoms with Crippen molar-refractivity contribution in [2.45, 2.75) is 0 Å². The maximum Gasteiger partial charge on any atom is 0.328 e. The Bertz CT molecular complexity index is 124. The molecule has 0 fully saturated rings. The van der Waals surface area contributed by atoms with Crippen LogP contribution in [0.25, 0.3) is 0 Å². The van der Waals surface area contributed by atoms with Crippen molar-refractivity contribution >= 4 is 11.9 Å². The fourth-order valence-corrected chi connectivity index (χ4v) is 0.143. The van der Waals surface area contributed by atoms with Crippen LogP contribution in [0.3, 0.4) is 0 Å². The minimum absolute atomic E-state index is 0. The van der Waals surface area contributed by atoms with Crippen molar-refractivity contribution in [2.75, 3.05) is 0 Å². The first-order valence-corrected chi connectivity index (χ1v) is 1.77. The van der Waals surface area contributed by atoms with Crippen molar-refractivity contribution in [2.24, 2.45) is 0 Å². The van der Waals surface area contributed by atoms with Gasteiger partial charge in [-0.2, -0.15) is 0 Å². The number of carboxylic acids is 2. The Balaban J connectivity index is 0. The predicted molar refractivity (Wildman–Crippen MR) is 24.4 cm³/mol. The molecule has 0 saturated carbocycles. The molecule has 0 aromatic rings. The van der Waals surface area contributed by atoms with Crippen molar-refractivity contribution in [1.29, 1.82) is 0 Å². The van der Waals surface area contributed by atoms with Gasteiger partial charge in [-0.05, 0) is 0 Å². The molecule has 0 aromatic heterocycles. The molecule has 0 unspecified atom stereocenters. The zero-order chi connectivity index (χ0) is 6.57. The number of rotatable bonds is 2. The largest absolute Gasteiger partial charge is 0.478 e. The minimum atomic E-state index is -1.26. The van der Waals surface area contributed by atoms with Gasteiger partial charge in [-0.3, -0.25) is 0 Å². The van der Waals surface area contributed by atoms with Crippen LogP contribution in [0.5, 0.6) is 0 Å². The standard InChI is InChI=1S/C4H4O4.Ni/c5-3(6)1-2-4(7)8;/h1-2H,(H,5,6)(H,7,8);/b2-1-;. The molecule has 0 radical (unpaired) electrons. The number of carbonyl (C=O) groups is 2. The second kappa shape index (κ2) is 5.31. The Morgan fingerprint density at radius 3 is 1.33 bits per heavy atom. The fourth-order valence-electron chi connectivity index (χ4n) is 0.143. The monoisotopic (exact) mass is 174 g/mol. The molecule has 2 N–H and O–H groups in total. The molecule has 5 heteroatoms. The summed E-state index contributed by atoms with van der Waals surface area (Å²) in [5, 5.41) is 15.6. The van der Waals surface area contributed by atoms with Gasteiger partial charge in [0.15, 0.2) is 0 Å². The molecule has 0 aromatic carbocycles. The smallest absolute Gasteiger partial charge is 0.328 e. The first-order valence-electron chi connectivity index (χ1n) is 1.77. The second-order valence-electron chi connectivity index (χ2n) is 1.01. The van der Waals surface area contributed by atoms with Gasteiger partial charge in [0, 0.05) is 28.6 Å². The first-order chi connectivity index (χ1) is 3.63. The van der Waals surface area contributed by atoms with Crippen molar-refractivity contribution in [3.8, 4) is 0 Å². The molecule has 0 atom stereocenters. The quantitative estimate of drug-likeness (QED) is 0.446. The molecule has 54 valence electrons. The van der Waals surface area contributed by atoms with Gasteiger partial charge >= 0.3 is 11.9 Å². The minimum Gasteiger partial charge on any atom is -0.478 e. The summed E-state index contributed by atoms with van der Waals surface area (Å²) in [4.78, 5) is 19.1. The SMILES string of the molecule is O=C(O)/C=C\C(=O)O.[Ni]. The summed E-state index contributed by atoms with van der Waals surface area (Å²) in [5.41, 5.74) is 0. The van der Waals surface area contributed by atoms with Crippen LogP contribution in [-0.4, -0.2) is 22.2 Å². The van der Waals surface area contributed by atoms with E-state index in [1.165, 1.54) is 0 Å². The van der Waals surface area contributed by atoms with E-state index >= 15 is 0 Å². The Kier molecular flexibility index (Phi) is 6.51. The molecular formula is C4H4NiO4. The molecule has 0 amide bonds. The topological polar surface area (TPSA) is 74.6 Å². The van der Waals surface area contributed by atoms with Gasteiger partial charge in [0.1, 0.15) is 0 Å². The Morgan fingerprint density at radius 1 is 1.00 bits per heavy atom. The maximum absolute atomic E-state index is 9.55. The van der Waals surface area contributed by atoms with Gasteiger partial charge in [0.25, 0.3) is 0 Å². The summed E-state index contributed by atoms with van der Waals surface area (Å²) >= 11 is 0. The fraction of sp³-hybridized carbons (Fsp3) is 0. The number of carboxylic acid groups (broad SMARTS) is 2. The van der Waals surface area contributed by atoms with Gasteiger partial charge in [0.2, 0.25) is 0 Å². The van der Waals surface area contributed by atoms with E-state index in [-0.39, 0.29) is 16.5 Å². The summed E-state index contributed by atoms with van der Waals surface area (Å²) in [6.45, 7) is 0. The van der Waals surface area contributed by atoms with Gasteiger partial charge < -0.3 is 10.2 Å². The molecule has 0 aliphatic carbocycles. The molecule has 4 nitrogen and oxygen atoms in total. The molecule has 0 saturated heterocycles. The van der Waals surface area contributed by atoms with E-state index in [2.05, 4.69) is 0 Å². The van der Waals surface area contributed by atoms with Gasteiger partial charge in [-0.25, -0.2) is 9.59 Å². The van der Waals surface area contributed by atoms with Crippen LogP contribution in [0.1, 0.15) is 0 Å². The predicted octanol–water partition coefficient (Wildman–Crippen LogP) is -0.291. The normalized spacial score (nSPS) is 8.44. The molecule has 0 aliphatic heterocycles. The van der Waals surface area contributed by atoms with Crippen molar-refractivity contribution < 1.29 is 36.3 Å². The summed E-state index contributed by atoms with van der Waals surface area (Å²) in [6, 6.07) is 0. The summed E-state index contributed by atoms with van der Waals surface area (Å²) in [7, 11) is 0. The average Bonchev–Trinajstić information content (AvgIpc) is 1.61. The molecule has 9 heavy (non-hydrogen) atoms. The summed E-state index contributed by atoms with van der Waals surface area (Å²) < 4.78 is 0. The molecule has 0 rings (SSSR count). The molecular weight excluding hydrogens is 171 g/mol. The zero-order valence-corrected chi connectivity index (χ0v) is 5.17. The van der Waals surface area contributed by atoms with E-state index in [4.69, 9.17) is 10.2 Å². The summed E-state index contributed by atoms with van der Waals surface area (Å²) in [6.07, 6.45) is 1.12. The average molecular weight is 175 g/mol. The van der Waals surface area contributed by atoms with E-state index in [9.17, 15) is 9.59 Å². The van der Waals surface area contributed by atoms with Crippen molar-refractivity contribution in [3.63, 3.8) is 0 Å². The molecule has 0 spiro atoms. The van der Waals surface area contributed by atoms with Crippen molar-refractivity contribution in [3.05, 3.63) is 12.2 Å². The van der Waals surface area contributed by atoms with Gasteiger partial charge in [-0.1, -0.05) is 0 Å². The molecule has 0 bridgehead atoms. The van der Waals surface area contributed by atoms with Crippen LogP contribution in [-0.2, 0) is 26.1 Å². The van der Waals surface area contributed by atoms with E-state index in [0.29, 0.717) is 12.2 Å². The molecule has 0 aliphatic rings.